The Morgan fingerprint density at radius 1 is 1.15 bits per heavy atom. The lowest BCUT2D eigenvalue weighted by atomic mass is 9.77. The van der Waals surface area contributed by atoms with E-state index in [1.165, 1.54) is 0 Å². The maximum atomic E-state index is 12.6. The molecule has 6 nitrogen and oxygen atoms in total. The number of nitrogens with two attached hydrogens (primary N) is 1. The highest BCUT2D eigenvalue weighted by Crippen LogP contribution is 2.42. The Hall–Kier alpha value is -2.34. The standard InChI is InChI=1S/C19H22ClN5O/c20-15-3-1-14(2-4-15)12-25-13-19(11-17(25)26)6-9-24(10-7-19)16-5-8-22-18(21)23-16/h1-5,8H,6-7,9-13H2,(H2,21,22,23). The van der Waals surface area contributed by atoms with Gasteiger partial charge in [-0.15, -0.1) is 0 Å². The molecule has 0 aliphatic carbocycles. The second kappa shape index (κ2) is 6.76. The zero-order valence-electron chi connectivity index (χ0n) is 14.6. The van der Waals surface area contributed by atoms with E-state index in [9.17, 15) is 4.79 Å². The molecule has 136 valence electrons. The molecule has 0 atom stereocenters. The van der Waals surface area contributed by atoms with E-state index in [0.717, 1.165) is 48.9 Å². The number of carbonyl (C=O) groups excluding carboxylic acids is 1. The van der Waals surface area contributed by atoms with Crippen molar-refractivity contribution in [1.29, 1.82) is 0 Å². The highest BCUT2D eigenvalue weighted by molar-refractivity contribution is 6.30. The van der Waals surface area contributed by atoms with E-state index in [-0.39, 0.29) is 11.3 Å². The number of hydrogen-bond donors (Lipinski definition) is 1. The summed E-state index contributed by atoms with van der Waals surface area (Å²) < 4.78 is 0. The predicted octanol–water partition coefficient (Wildman–Crippen LogP) is 2.73. The number of aromatic nitrogens is 2. The van der Waals surface area contributed by atoms with Gasteiger partial charge >= 0.3 is 0 Å². The fraction of sp³-hybridized carbons (Fsp3) is 0.421. The number of rotatable bonds is 3. The number of likely N-dealkylation sites (tertiary alicyclic amines) is 1. The van der Waals surface area contributed by atoms with Gasteiger partial charge in [0.05, 0.1) is 0 Å². The van der Waals surface area contributed by atoms with E-state index in [0.29, 0.717) is 18.9 Å². The number of amides is 1. The summed E-state index contributed by atoms with van der Waals surface area (Å²) in [6, 6.07) is 9.62. The van der Waals surface area contributed by atoms with Crippen molar-refractivity contribution in [1.82, 2.24) is 14.9 Å². The third-order valence-corrected chi connectivity index (χ3v) is 5.75. The molecule has 1 aromatic heterocycles. The highest BCUT2D eigenvalue weighted by atomic mass is 35.5. The smallest absolute Gasteiger partial charge is 0.223 e. The van der Waals surface area contributed by atoms with Crippen LogP contribution in [0.2, 0.25) is 5.02 Å². The molecule has 0 radical (unpaired) electrons. The molecule has 26 heavy (non-hydrogen) atoms. The van der Waals surface area contributed by atoms with Crippen molar-refractivity contribution in [3.63, 3.8) is 0 Å². The maximum absolute atomic E-state index is 12.6. The molecule has 0 bridgehead atoms. The summed E-state index contributed by atoms with van der Waals surface area (Å²) in [7, 11) is 0. The Balaban J connectivity index is 1.40. The number of nitrogen functional groups attached to an aromatic ring is 1. The number of piperidine rings is 1. The molecule has 2 N–H and O–H groups in total. The van der Waals surface area contributed by atoms with E-state index in [1.807, 2.05) is 35.2 Å². The summed E-state index contributed by atoms with van der Waals surface area (Å²) in [6.07, 6.45) is 4.30. The van der Waals surface area contributed by atoms with Crippen molar-refractivity contribution < 1.29 is 4.79 Å². The Labute approximate surface area is 158 Å². The number of halogens is 1. The van der Waals surface area contributed by atoms with Crippen LogP contribution in [-0.2, 0) is 11.3 Å². The zero-order chi connectivity index (χ0) is 18.1. The first-order valence-corrected chi connectivity index (χ1v) is 9.27. The highest BCUT2D eigenvalue weighted by Gasteiger charge is 2.44. The summed E-state index contributed by atoms with van der Waals surface area (Å²) in [5, 5.41) is 0.718. The molecule has 2 saturated heterocycles. The van der Waals surface area contributed by atoms with Gasteiger partial charge < -0.3 is 15.5 Å². The molecule has 1 amide bonds. The largest absolute Gasteiger partial charge is 0.368 e. The Morgan fingerprint density at radius 2 is 1.88 bits per heavy atom. The number of benzene rings is 1. The minimum atomic E-state index is 0.0819. The van der Waals surface area contributed by atoms with Crippen LogP contribution in [0.3, 0.4) is 0 Å². The van der Waals surface area contributed by atoms with Crippen LogP contribution in [-0.4, -0.2) is 40.4 Å². The first kappa shape index (κ1) is 17.1. The summed E-state index contributed by atoms with van der Waals surface area (Å²) in [6.45, 7) is 3.26. The average molecular weight is 372 g/mol. The fourth-order valence-corrected chi connectivity index (χ4v) is 4.15. The van der Waals surface area contributed by atoms with Crippen molar-refractivity contribution in [2.75, 3.05) is 30.3 Å². The van der Waals surface area contributed by atoms with Crippen LogP contribution in [0.4, 0.5) is 11.8 Å². The van der Waals surface area contributed by atoms with Crippen molar-refractivity contribution >= 4 is 29.3 Å². The third kappa shape index (κ3) is 3.46. The molecule has 1 spiro atoms. The second-order valence-electron chi connectivity index (χ2n) is 7.31. The lowest BCUT2D eigenvalue weighted by Gasteiger charge is -2.39. The first-order valence-electron chi connectivity index (χ1n) is 8.89. The van der Waals surface area contributed by atoms with Gasteiger partial charge in [-0.1, -0.05) is 23.7 Å². The van der Waals surface area contributed by atoms with Crippen molar-refractivity contribution in [3.05, 3.63) is 47.1 Å². The Kier molecular flexibility index (Phi) is 4.44. The Morgan fingerprint density at radius 3 is 2.58 bits per heavy atom. The number of anilines is 2. The number of hydrogen-bond acceptors (Lipinski definition) is 5. The van der Waals surface area contributed by atoms with Crippen LogP contribution in [0.5, 0.6) is 0 Å². The third-order valence-electron chi connectivity index (χ3n) is 5.50. The number of nitrogens with zero attached hydrogens (tertiary/aromatic N) is 4. The van der Waals surface area contributed by atoms with Crippen LogP contribution in [0.25, 0.3) is 0 Å². The van der Waals surface area contributed by atoms with Crippen molar-refractivity contribution in [2.45, 2.75) is 25.8 Å². The molecule has 0 unspecified atom stereocenters. The molecule has 2 fully saturated rings. The van der Waals surface area contributed by atoms with Gasteiger partial charge in [-0.05, 0) is 36.6 Å². The van der Waals surface area contributed by atoms with E-state index in [1.54, 1.807) is 6.20 Å². The van der Waals surface area contributed by atoms with Crippen LogP contribution < -0.4 is 10.6 Å². The number of carbonyl (C=O) groups is 1. The molecule has 0 saturated carbocycles. The fourth-order valence-electron chi connectivity index (χ4n) is 4.02. The van der Waals surface area contributed by atoms with Gasteiger partial charge in [0.15, 0.2) is 0 Å². The van der Waals surface area contributed by atoms with Gasteiger partial charge in [-0.2, -0.15) is 4.98 Å². The average Bonchev–Trinajstić information content (AvgIpc) is 2.92. The topological polar surface area (TPSA) is 75.3 Å². The molecular formula is C19H22ClN5O. The van der Waals surface area contributed by atoms with Crippen molar-refractivity contribution in [3.8, 4) is 0 Å². The van der Waals surface area contributed by atoms with Gasteiger partial charge in [0.25, 0.3) is 0 Å². The van der Waals surface area contributed by atoms with Gasteiger partial charge in [0.1, 0.15) is 5.82 Å². The quantitative estimate of drug-likeness (QED) is 0.897. The van der Waals surface area contributed by atoms with Crippen LogP contribution >= 0.6 is 11.6 Å². The van der Waals surface area contributed by atoms with Crippen LogP contribution in [0.1, 0.15) is 24.8 Å². The van der Waals surface area contributed by atoms with E-state index in [2.05, 4.69) is 14.9 Å². The summed E-state index contributed by atoms with van der Waals surface area (Å²) >= 11 is 5.95. The molecule has 3 heterocycles. The molecule has 1 aromatic carbocycles. The lowest BCUT2D eigenvalue weighted by molar-refractivity contribution is -0.128. The minimum absolute atomic E-state index is 0.0819. The monoisotopic (exact) mass is 371 g/mol. The molecule has 7 heteroatoms. The first-order chi connectivity index (χ1) is 12.5. The lowest BCUT2D eigenvalue weighted by Crippen LogP contribution is -2.42. The summed E-state index contributed by atoms with van der Waals surface area (Å²) in [5.41, 5.74) is 6.89. The predicted molar refractivity (Wildman–Crippen MR) is 102 cm³/mol. The summed E-state index contributed by atoms with van der Waals surface area (Å²) in [4.78, 5) is 25.0. The SMILES string of the molecule is Nc1nccc(N2CCC3(CC2)CC(=O)N(Cc2ccc(Cl)cc2)C3)n1. The minimum Gasteiger partial charge on any atom is -0.368 e. The zero-order valence-corrected chi connectivity index (χ0v) is 15.3. The van der Waals surface area contributed by atoms with Gasteiger partial charge in [0, 0.05) is 49.2 Å². The second-order valence-corrected chi connectivity index (χ2v) is 7.75. The molecule has 4 rings (SSSR count). The van der Waals surface area contributed by atoms with Crippen LogP contribution in [0, 0.1) is 5.41 Å². The Bertz CT molecular complexity index is 802. The van der Waals surface area contributed by atoms with Crippen LogP contribution in [0.15, 0.2) is 36.5 Å². The molecule has 2 aliphatic heterocycles. The van der Waals surface area contributed by atoms with Gasteiger partial charge in [-0.3, -0.25) is 4.79 Å². The molecular weight excluding hydrogens is 350 g/mol. The maximum Gasteiger partial charge on any atom is 0.223 e. The van der Waals surface area contributed by atoms with E-state index < -0.39 is 0 Å². The summed E-state index contributed by atoms with van der Waals surface area (Å²) in [5.74, 6) is 1.42. The van der Waals surface area contributed by atoms with E-state index >= 15 is 0 Å². The van der Waals surface area contributed by atoms with E-state index in [4.69, 9.17) is 17.3 Å². The normalized spacial score (nSPS) is 19.3. The molecule has 2 aliphatic rings. The van der Waals surface area contributed by atoms with Crippen molar-refractivity contribution in [2.24, 2.45) is 5.41 Å². The van der Waals surface area contributed by atoms with Gasteiger partial charge in [-0.25, -0.2) is 4.98 Å². The van der Waals surface area contributed by atoms with Gasteiger partial charge in [0.2, 0.25) is 11.9 Å². The molecule has 2 aromatic rings.